The van der Waals surface area contributed by atoms with E-state index >= 15 is 0 Å². The van der Waals surface area contributed by atoms with E-state index in [2.05, 4.69) is 29.3 Å². The van der Waals surface area contributed by atoms with Gasteiger partial charge in [0.1, 0.15) is 5.58 Å². The predicted octanol–water partition coefficient (Wildman–Crippen LogP) is 3.42. The number of anilines is 1. The third-order valence-corrected chi connectivity index (χ3v) is 3.81. The van der Waals surface area contributed by atoms with Gasteiger partial charge in [-0.05, 0) is 38.8 Å². The van der Waals surface area contributed by atoms with Crippen molar-refractivity contribution in [1.82, 2.24) is 9.99 Å². The van der Waals surface area contributed by atoms with Crippen molar-refractivity contribution in [2.75, 3.05) is 5.43 Å². The van der Waals surface area contributed by atoms with E-state index < -0.39 is 0 Å². The molecule has 1 N–H and O–H groups in total. The number of piperidine rings is 1. The van der Waals surface area contributed by atoms with Crippen LogP contribution in [-0.4, -0.2) is 22.1 Å². The maximum Gasteiger partial charge on any atom is 0.151 e. The minimum absolute atomic E-state index is 0.540. The Bertz CT molecular complexity index is 527. The highest BCUT2D eigenvalue weighted by Gasteiger charge is 2.25. The zero-order valence-electron chi connectivity index (χ0n) is 10.9. The second kappa shape index (κ2) is 4.61. The second-order valence-corrected chi connectivity index (χ2v) is 5.14. The minimum atomic E-state index is 0.540. The molecule has 1 aliphatic heterocycles. The molecule has 0 spiro atoms. The summed E-state index contributed by atoms with van der Waals surface area (Å²) in [5.41, 5.74) is 4.35. The molecule has 0 amide bonds. The molecule has 4 nitrogen and oxygen atoms in total. The van der Waals surface area contributed by atoms with Crippen LogP contribution in [0.3, 0.4) is 0 Å². The van der Waals surface area contributed by atoms with E-state index in [-0.39, 0.29) is 0 Å². The summed E-state index contributed by atoms with van der Waals surface area (Å²) in [5.74, 6) is 0.891. The van der Waals surface area contributed by atoms with Crippen LogP contribution in [0.4, 0.5) is 5.82 Å². The summed E-state index contributed by atoms with van der Waals surface area (Å²) in [7, 11) is 0. The summed E-state index contributed by atoms with van der Waals surface area (Å²) in [6.45, 7) is 4.52. The van der Waals surface area contributed by atoms with Crippen LogP contribution in [0.25, 0.3) is 11.0 Å². The summed E-state index contributed by atoms with van der Waals surface area (Å²) in [4.78, 5) is 4.43. The van der Waals surface area contributed by atoms with Gasteiger partial charge < -0.3 is 9.84 Å². The predicted molar refractivity (Wildman–Crippen MR) is 72.2 cm³/mol. The summed E-state index contributed by atoms with van der Waals surface area (Å²) >= 11 is 0. The molecule has 2 unspecified atom stereocenters. The molecule has 2 atom stereocenters. The van der Waals surface area contributed by atoms with E-state index in [1.54, 1.807) is 12.5 Å². The first kappa shape index (κ1) is 11.5. The van der Waals surface area contributed by atoms with Crippen LogP contribution < -0.4 is 5.43 Å². The number of nitrogens with zero attached hydrogens (tertiary/aromatic N) is 2. The van der Waals surface area contributed by atoms with Crippen LogP contribution >= 0.6 is 0 Å². The summed E-state index contributed by atoms with van der Waals surface area (Å²) in [6.07, 6.45) is 7.27. The van der Waals surface area contributed by atoms with Crippen molar-refractivity contribution in [1.29, 1.82) is 0 Å². The highest BCUT2D eigenvalue weighted by Crippen LogP contribution is 2.26. The fourth-order valence-electron chi connectivity index (χ4n) is 2.75. The molecule has 1 saturated heterocycles. The molecular weight excluding hydrogens is 226 g/mol. The number of aromatic nitrogens is 1. The molecular formula is C14H19N3O. The number of hydrazine groups is 1. The molecule has 18 heavy (non-hydrogen) atoms. The van der Waals surface area contributed by atoms with Crippen molar-refractivity contribution < 1.29 is 4.42 Å². The van der Waals surface area contributed by atoms with Crippen molar-refractivity contribution >= 4 is 16.8 Å². The summed E-state index contributed by atoms with van der Waals surface area (Å²) < 4.78 is 5.40. The van der Waals surface area contributed by atoms with Gasteiger partial charge in [0.2, 0.25) is 0 Å². The third kappa shape index (κ3) is 1.97. The van der Waals surface area contributed by atoms with Crippen molar-refractivity contribution in [3.8, 4) is 0 Å². The maximum atomic E-state index is 5.40. The lowest BCUT2D eigenvalue weighted by molar-refractivity contribution is 0.135. The van der Waals surface area contributed by atoms with E-state index in [0.717, 1.165) is 16.8 Å². The van der Waals surface area contributed by atoms with Crippen molar-refractivity contribution in [2.24, 2.45) is 0 Å². The first-order chi connectivity index (χ1) is 8.75. The molecule has 0 saturated carbocycles. The maximum absolute atomic E-state index is 5.40. The lowest BCUT2D eigenvalue weighted by atomic mass is 10.00. The molecule has 3 heterocycles. The Kier molecular flexibility index (Phi) is 2.96. The summed E-state index contributed by atoms with van der Waals surface area (Å²) in [5, 5.41) is 3.36. The molecule has 2 aromatic rings. The first-order valence-electron chi connectivity index (χ1n) is 6.63. The molecule has 2 aromatic heterocycles. The number of hydrogen-bond acceptors (Lipinski definition) is 4. The minimum Gasteiger partial charge on any atom is -0.464 e. The van der Waals surface area contributed by atoms with Crippen LogP contribution in [0.1, 0.15) is 33.1 Å². The van der Waals surface area contributed by atoms with Gasteiger partial charge in [0.05, 0.1) is 11.6 Å². The number of fused-ring (bicyclic) bond motifs is 1. The van der Waals surface area contributed by atoms with Crippen LogP contribution in [0, 0.1) is 0 Å². The van der Waals surface area contributed by atoms with Gasteiger partial charge in [0.15, 0.2) is 5.82 Å². The molecule has 0 aliphatic carbocycles. The van der Waals surface area contributed by atoms with Gasteiger partial charge in [-0.2, -0.15) is 0 Å². The second-order valence-electron chi connectivity index (χ2n) is 5.14. The Morgan fingerprint density at radius 2 is 2.06 bits per heavy atom. The normalized spacial score (nSPS) is 25.4. The topological polar surface area (TPSA) is 41.3 Å². The van der Waals surface area contributed by atoms with E-state index in [1.165, 1.54) is 19.3 Å². The Hall–Kier alpha value is -1.55. The number of hydrogen-bond donors (Lipinski definition) is 1. The molecule has 1 aliphatic rings. The van der Waals surface area contributed by atoms with Crippen molar-refractivity contribution in [2.45, 2.75) is 45.2 Å². The van der Waals surface area contributed by atoms with Crippen LogP contribution in [0.15, 0.2) is 29.0 Å². The standard InChI is InChI=1S/C14H19N3O/c1-10-4-3-5-11(2)17(10)16-14-12-7-9-18-13(12)6-8-15-14/h6-11H,3-5H2,1-2H3,(H,15,16). The zero-order valence-corrected chi connectivity index (χ0v) is 10.9. The van der Waals surface area contributed by atoms with Crippen LogP contribution in [-0.2, 0) is 0 Å². The van der Waals surface area contributed by atoms with Gasteiger partial charge >= 0.3 is 0 Å². The number of nitrogens with one attached hydrogen (secondary N) is 1. The molecule has 3 rings (SSSR count). The number of rotatable bonds is 2. The average molecular weight is 245 g/mol. The van der Waals surface area contributed by atoms with E-state index in [1.807, 2.05) is 12.1 Å². The van der Waals surface area contributed by atoms with Crippen LogP contribution in [0.2, 0.25) is 0 Å². The van der Waals surface area contributed by atoms with Gasteiger partial charge in [0.25, 0.3) is 0 Å². The molecule has 0 bridgehead atoms. The molecule has 0 aromatic carbocycles. The highest BCUT2D eigenvalue weighted by atomic mass is 16.3. The quantitative estimate of drug-likeness (QED) is 0.880. The third-order valence-electron chi connectivity index (χ3n) is 3.81. The van der Waals surface area contributed by atoms with Gasteiger partial charge in [-0.3, -0.25) is 0 Å². The van der Waals surface area contributed by atoms with Gasteiger partial charge in [-0.25, -0.2) is 9.99 Å². The number of pyridine rings is 1. The van der Waals surface area contributed by atoms with Crippen molar-refractivity contribution in [3.05, 3.63) is 24.6 Å². The lowest BCUT2D eigenvalue weighted by Gasteiger charge is -2.39. The number of furan rings is 1. The van der Waals surface area contributed by atoms with Gasteiger partial charge in [-0.1, -0.05) is 6.42 Å². The van der Waals surface area contributed by atoms with E-state index in [9.17, 15) is 0 Å². The van der Waals surface area contributed by atoms with Crippen LogP contribution in [0.5, 0.6) is 0 Å². The van der Waals surface area contributed by atoms with Crippen molar-refractivity contribution in [3.63, 3.8) is 0 Å². The van der Waals surface area contributed by atoms with E-state index in [4.69, 9.17) is 4.42 Å². The molecule has 0 radical (unpaired) electrons. The SMILES string of the molecule is CC1CCCC(C)N1Nc1nccc2occc12. The zero-order chi connectivity index (χ0) is 12.5. The molecule has 4 heteroatoms. The smallest absolute Gasteiger partial charge is 0.151 e. The Labute approximate surface area is 107 Å². The first-order valence-corrected chi connectivity index (χ1v) is 6.63. The summed E-state index contributed by atoms with van der Waals surface area (Å²) in [6, 6.07) is 4.93. The Morgan fingerprint density at radius 1 is 1.28 bits per heavy atom. The fourth-order valence-corrected chi connectivity index (χ4v) is 2.75. The highest BCUT2D eigenvalue weighted by molar-refractivity contribution is 5.87. The molecule has 96 valence electrons. The monoisotopic (exact) mass is 245 g/mol. The van der Waals surface area contributed by atoms with Gasteiger partial charge in [-0.15, -0.1) is 0 Å². The van der Waals surface area contributed by atoms with Gasteiger partial charge in [0, 0.05) is 18.3 Å². The molecule has 1 fully saturated rings. The lowest BCUT2D eigenvalue weighted by Crippen LogP contribution is -2.47. The largest absolute Gasteiger partial charge is 0.464 e. The Balaban J connectivity index is 1.89. The average Bonchev–Trinajstić information content (AvgIpc) is 2.83. The Morgan fingerprint density at radius 3 is 2.83 bits per heavy atom. The van der Waals surface area contributed by atoms with E-state index in [0.29, 0.717) is 12.1 Å². The fraction of sp³-hybridized carbons (Fsp3) is 0.500.